The van der Waals surface area contributed by atoms with Gasteiger partial charge >= 0.3 is 0 Å². The molecule has 2 aliphatic rings. The highest BCUT2D eigenvalue weighted by Crippen LogP contribution is 2.42. The average Bonchev–Trinajstić information content (AvgIpc) is 3.43. The molecule has 0 aromatic heterocycles. The highest BCUT2D eigenvalue weighted by molar-refractivity contribution is 8.00. The van der Waals surface area contributed by atoms with Gasteiger partial charge in [-0.3, -0.25) is 9.45 Å². The van der Waals surface area contributed by atoms with Gasteiger partial charge in [0.25, 0.3) is 10.1 Å². The van der Waals surface area contributed by atoms with Gasteiger partial charge in [-0.15, -0.1) is 0 Å². The van der Waals surface area contributed by atoms with Crippen molar-refractivity contribution < 1.29 is 35.6 Å². The van der Waals surface area contributed by atoms with E-state index in [9.17, 15) is 25.9 Å². The number of aryl methyl sites for hydroxylation is 2. The fraction of sp³-hybridized carbons (Fsp3) is 0.333. The summed E-state index contributed by atoms with van der Waals surface area (Å²) in [7, 11) is -8.52. The van der Waals surface area contributed by atoms with Gasteiger partial charge in [-0.2, -0.15) is 8.42 Å². The molecule has 0 radical (unpaired) electrons. The van der Waals surface area contributed by atoms with E-state index < -0.39 is 31.7 Å². The van der Waals surface area contributed by atoms with Gasteiger partial charge in [0.05, 0.1) is 33.0 Å². The van der Waals surface area contributed by atoms with Crippen LogP contribution in [0.1, 0.15) is 30.9 Å². The minimum absolute atomic E-state index is 0.0216. The summed E-state index contributed by atoms with van der Waals surface area (Å²) in [4.78, 5) is 3.94. The predicted octanol–water partition coefficient (Wildman–Crippen LogP) is 4.30. The van der Waals surface area contributed by atoms with E-state index in [0.717, 1.165) is 48.6 Å². The largest absolute Gasteiger partial charge is 0.748 e. The maximum absolute atomic E-state index is 11.6. The molecule has 0 aliphatic carbocycles. The van der Waals surface area contributed by atoms with Crippen molar-refractivity contribution in [2.24, 2.45) is 0 Å². The summed E-state index contributed by atoms with van der Waals surface area (Å²) in [5.41, 5.74) is 4.86. The molecule has 224 valence electrons. The summed E-state index contributed by atoms with van der Waals surface area (Å²) in [6, 6.07) is 16.1. The van der Waals surface area contributed by atoms with Crippen LogP contribution >= 0.6 is 11.8 Å². The second-order valence-electron chi connectivity index (χ2n) is 10.6. The fourth-order valence-electron chi connectivity index (χ4n) is 5.39. The molecule has 0 bridgehead atoms. The number of fused-ring (bicyclic) bond motifs is 4. The summed E-state index contributed by atoms with van der Waals surface area (Å²) >= 11 is 1.69. The van der Waals surface area contributed by atoms with Gasteiger partial charge in [0.1, 0.15) is 0 Å². The topological polar surface area (TPSA) is 128 Å². The number of hydrogen-bond donors (Lipinski definition) is 2. The molecule has 2 atom stereocenters. The lowest BCUT2D eigenvalue weighted by Crippen LogP contribution is -3.09. The Labute approximate surface area is 251 Å². The molecule has 0 saturated carbocycles. The molecule has 12 heteroatoms. The van der Waals surface area contributed by atoms with Crippen LogP contribution < -0.4 is 14.5 Å². The van der Waals surface area contributed by atoms with Crippen LogP contribution in [0.2, 0.25) is 0 Å². The summed E-state index contributed by atoms with van der Waals surface area (Å²) in [6.07, 6.45) is 4.93. The van der Waals surface area contributed by atoms with Gasteiger partial charge in [-0.05, 0) is 72.7 Å². The zero-order valence-corrected chi connectivity index (χ0v) is 26.1. The number of ether oxygens (including phenoxy) is 1. The molecule has 9 nitrogen and oxygen atoms in total. The number of quaternary nitrogens is 1. The number of thioether (sulfide) groups is 1. The third-order valence-corrected chi connectivity index (χ3v) is 10.4. The van der Waals surface area contributed by atoms with Crippen molar-refractivity contribution in [2.75, 3.05) is 29.5 Å². The predicted molar refractivity (Wildman–Crippen MR) is 165 cm³/mol. The number of anilines is 1. The average molecular weight is 631 g/mol. The first-order valence-electron chi connectivity index (χ1n) is 13.7. The quantitative estimate of drug-likeness (QED) is 0.315. The summed E-state index contributed by atoms with van der Waals surface area (Å²) in [5.74, 6) is 0.218. The maximum atomic E-state index is 11.6. The highest BCUT2D eigenvalue weighted by Gasteiger charge is 2.36. The molecule has 2 heterocycles. The minimum atomic E-state index is -4.33. The van der Waals surface area contributed by atoms with Gasteiger partial charge < -0.3 is 14.2 Å². The van der Waals surface area contributed by atoms with Gasteiger partial charge in [0.15, 0.2) is 16.8 Å². The van der Waals surface area contributed by atoms with E-state index in [2.05, 4.69) is 24.3 Å². The van der Waals surface area contributed by atoms with Gasteiger partial charge in [0, 0.05) is 30.2 Å². The van der Waals surface area contributed by atoms with E-state index in [1.807, 2.05) is 57.2 Å². The zero-order chi connectivity index (χ0) is 30.2. The third-order valence-electron chi connectivity index (χ3n) is 7.65. The fourth-order valence-corrected chi connectivity index (χ4v) is 7.70. The number of nitrogens with one attached hydrogen (secondary N) is 1. The van der Waals surface area contributed by atoms with Crippen LogP contribution in [-0.2, 0) is 20.2 Å². The van der Waals surface area contributed by atoms with Crippen LogP contribution in [0.3, 0.4) is 0 Å². The molecule has 5 rings (SSSR count). The Morgan fingerprint density at radius 3 is 2.55 bits per heavy atom. The maximum Gasteiger partial charge on any atom is 0.266 e. The van der Waals surface area contributed by atoms with Crippen molar-refractivity contribution in [2.45, 2.75) is 43.9 Å². The van der Waals surface area contributed by atoms with Crippen molar-refractivity contribution in [3.8, 4) is 5.75 Å². The number of benzene rings is 3. The Morgan fingerprint density at radius 2 is 1.83 bits per heavy atom. The van der Waals surface area contributed by atoms with Crippen molar-refractivity contribution in [3.63, 3.8) is 0 Å². The van der Waals surface area contributed by atoms with Crippen molar-refractivity contribution in [1.82, 2.24) is 0 Å². The monoisotopic (exact) mass is 630 g/mol. The van der Waals surface area contributed by atoms with Crippen molar-refractivity contribution in [3.05, 3.63) is 83.3 Å². The van der Waals surface area contributed by atoms with E-state index in [0.29, 0.717) is 24.6 Å². The lowest BCUT2D eigenvalue weighted by molar-refractivity contribution is -0.834. The molecule has 42 heavy (non-hydrogen) atoms. The van der Waals surface area contributed by atoms with Gasteiger partial charge in [-0.1, -0.05) is 43.0 Å². The second kappa shape index (κ2) is 12.0. The SMILES string of the molecule is CCC(/C=C1\Oc2cc(C)c(C)cc2N1CCS(=O)(=O)O)=C\C1Sc2ccc3ccccc3c2[NH+]1CCCS(=O)(=O)[O-]. The Bertz CT molecular complexity index is 1800. The van der Waals surface area contributed by atoms with E-state index in [4.69, 9.17) is 4.74 Å². The van der Waals surface area contributed by atoms with Crippen LogP contribution in [0.25, 0.3) is 10.8 Å². The van der Waals surface area contributed by atoms with Crippen LogP contribution in [0, 0.1) is 13.8 Å². The Kier molecular flexibility index (Phi) is 8.75. The summed E-state index contributed by atoms with van der Waals surface area (Å²) in [6.45, 7) is 6.46. The lowest BCUT2D eigenvalue weighted by Gasteiger charge is -2.21. The van der Waals surface area contributed by atoms with Crippen LogP contribution in [0.15, 0.2) is 77.0 Å². The Hall–Kier alpha value is -2.87. The smallest absolute Gasteiger partial charge is 0.266 e. The standard InChI is InChI=1S/C30H34N2O7S3/c1-4-22(18-28-31(13-15-42(36,37)38)25-16-20(2)21(3)17-26(25)39-28)19-29-32(12-7-14-41(33,34)35)30-24-9-6-5-8-23(24)10-11-27(30)40-29/h5-6,8-11,16-19,29H,4,7,12-15H2,1-3H3,(H,33,34,35)(H,36,37,38)/b22-19+,28-18-. The van der Waals surface area contributed by atoms with Crippen molar-refractivity contribution in [1.29, 1.82) is 0 Å². The zero-order valence-electron chi connectivity index (χ0n) is 23.7. The molecule has 0 spiro atoms. The first kappa shape index (κ1) is 30.6. The number of rotatable bonds is 10. The van der Waals surface area contributed by atoms with E-state index in [-0.39, 0.29) is 18.3 Å². The van der Waals surface area contributed by atoms with E-state index in [1.54, 1.807) is 16.7 Å². The first-order chi connectivity index (χ1) is 19.8. The second-order valence-corrected chi connectivity index (χ2v) is 14.9. The number of allylic oxidation sites excluding steroid dienone is 2. The molecule has 2 aliphatic heterocycles. The molecule has 2 N–H and O–H groups in total. The molecule has 0 saturated heterocycles. The molecule has 3 aromatic carbocycles. The molecule has 0 fully saturated rings. The number of nitrogens with zero attached hydrogens (tertiary/aromatic N) is 1. The third kappa shape index (κ3) is 6.85. The molecular formula is C30H34N2O7S3. The number of hydrogen-bond acceptors (Lipinski definition) is 8. The van der Waals surface area contributed by atoms with E-state index >= 15 is 0 Å². The molecule has 0 amide bonds. The lowest BCUT2D eigenvalue weighted by atomic mass is 10.1. The highest BCUT2D eigenvalue weighted by atomic mass is 32.2. The summed E-state index contributed by atoms with van der Waals surface area (Å²) in [5, 5.41) is 2.09. The molecule has 3 aromatic rings. The van der Waals surface area contributed by atoms with E-state index in [1.165, 1.54) is 0 Å². The molecule has 2 unspecified atom stereocenters. The molecular weight excluding hydrogens is 597 g/mol. The minimum Gasteiger partial charge on any atom is -0.748 e. The van der Waals surface area contributed by atoms with Crippen LogP contribution in [0.5, 0.6) is 5.75 Å². The first-order valence-corrected chi connectivity index (χ1v) is 17.8. The van der Waals surface area contributed by atoms with Crippen LogP contribution in [0.4, 0.5) is 11.4 Å². The normalized spacial score (nSPS) is 19.8. The Morgan fingerprint density at radius 1 is 1.10 bits per heavy atom. The Balaban J connectivity index is 1.51. The van der Waals surface area contributed by atoms with Crippen LogP contribution in [-0.4, -0.2) is 55.9 Å². The van der Waals surface area contributed by atoms with Crippen molar-refractivity contribution >= 4 is 54.1 Å². The van der Waals surface area contributed by atoms with Gasteiger partial charge in [0.2, 0.25) is 5.88 Å². The van der Waals surface area contributed by atoms with Gasteiger partial charge in [-0.25, -0.2) is 8.42 Å². The summed E-state index contributed by atoms with van der Waals surface area (Å²) < 4.78 is 73.1.